The standard InChI is InChI=1S/C16H25NO/c1-2-4-18-15(3-1)11-17-16-8-12-5-13(9-16)7-14(6-12)10-16/h2,4,12-15,17H,1,3,5-11H2. The molecule has 5 rings (SSSR count). The second-order valence-corrected chi connectivity index (χ2v) is 7.29. The van der Waals surface area contributed by atoms with Crippen LogP contribution in [0, 0.1) is 17.8 Å². The fourth-order valence-corrected chi connectivity index (χ4v) is 5.39. The minimum absolute atomic E-state index is 0.419. The van der Waals surface area contributed by atoms with Gasteiger partial charge in [-0.3, -0.25) is 0 Å². The third-order valence-corrected chi connectivity index (χ3v) is 5.77. The summed E-state index contributed by atoms with van der Waals surface area (Å²) in [5, 5.41) is 3.94. The summed E-state index contributed by atoms with van der Waals surface area (Å²) in [6.45, 7) is 1.07. The number of hydrogen-bond donors (Lipinski definition) is 1. The van der Waals surface area contributed by atoms with Gasteiger partial charge in [0.2, 0.25) is 0 Å². The predicted octanol–water partition coefficient (Wildman–Crippen LogP) is 3.24. The van der Waals surface area contributed by atoms with Gasteiger partial charge in [-0.1, -0.05) is 0 Å². The molecule has 1 atom stereocenters. The SMILES string of the molecule is C1=COC(CNC23CC4CC(CC(C4)C2)C3)CC1. The Kier molecular flexibility index (Phi) is 2.68. The summed E-state index contributed by atoms with van der Waals surface area (Å²) in [6, 6.07) is 0. The molecule has 1 N–H and O–H groups in total. The summed E-state index contributed by atoms with van der Waals surface area (Å²) in [5.74, 6) is 3.11. The van der Waals surface area contributed by atoms with Crippen molar-refractivity contribution in [3.05, 3.63) is 12.3 Å². The third-order valence-electron chi connectivity index (χ3n) is 5.77. The molecule has 2 heteroatoms. The molecule has 4 aliphatic carbocycles. The fraction of sp³-hybridized carbons (Fsp3) is 0.875. The Bertz CT molecular complexity index is 314. The average molecular weight is 247 g/mol. The lowest BCUT2D eigenvalue weighted by Crippen LogP contribution is -2.59. The molecular formula is C16H25NO. The van der Waals surface area contributed by atoms with Crippen molar-refractivity contribution in [1.29, 1.82) is 0 Å². The number of ether oxygens (including phenoxy) is 1. The lowest BCUT2D eigenvalue weighted by atomic mass is 9.53. The van der Waals surface area contributed by atoms with Gasteiger partial charge in [0.1, 0.15) is 6.10 Å². The van der Waals surface area contributed by atoms with Crippen LogP contribution in [-0.4, -0.2) is 18.2 Å². The molecular weight excluding hydrogens is 222 g/mol. The Labute approximate surface area is 110 Å². The molecule has 2 nitrogen and oxygen atoms in total. The lowest BCUT2D eigenvalue weighted by Gasteiger charge is -2.57. The van der Waals surface area contributed by atoms with Gasteiger partial charge in [-0.2, -0.15) is 0 Å². The molecule has 0 radical (unpaired) electrons. The summed E-state index contributed by atoms with van der Waals surface area (Å²) in [6.07, 6.45) is 15.8. The molecule has 4 saturated carbocycles. The van der Waals surface area contributed by atoms with Crippen LogP contribution in [0.25, 0.3) is 0 Å². The van der Waals surface area contributed by atoms with Crippen LogP contribution in [0.1, 0.15) is 51.4 Å². The zero-order valence-corrected chi connectivity index (χ0v) is 11.2. The number of nitrogens with one attached hydrogen (secondary N) is 1. The second kappa shape index (κ2) is 4.26. The van der Waals surface area contributed by atoms with Crippen molar-refractivity contribution >= 4 is 0 Å². The molecule has 18 heavy (non-hydrogen) atoms. The lowest BCUT2D eigenvalue weighted by molar-refractivity contribution is -0.0261. The van der Waals surface area contributed by atoms with E-state index in [0.717, 1.165) is 24.3 Å². The van der Waals surface area contributed by atoms with Gasteiger partial charge in [0, 0.05) is 12.1 Å². The summed E-state index contributed by atoms with van der Waals surface area (Å²) in [7, 11) is 0. The Morgan fingerprint density at radius 1 is 1.06 bits per heavy atom. The molecule has 1 heterocycles. The first kappa shape index (κ1) is 11.3. The minimum Gasteiger partial charge on any atom is -0.497 e. The first-order valence-electron chi connectivity index (χ1n) is 7.87. The van der Waals surface area contributed by atoms with E-state index in [9.17, 15) is 0 Å². The molecule has 4 fully saturated rings. The maximum Gasteiger partial charge on any atom is 0.110 e. The van der Waals surface area contributed by atoms with E-state index >= 15 is 0 Å². The molecule has 4 bridgehead atoms. The highest BCUT2D eigenvalue weighted by atomic mass is 16.5. The number of rotatable bonds is 3. The minimum atomic E-state index is 0.419. The summed E-state index contributed by atoms with van der Waals surface area (Å²) < 4.78 is 5.70. The highest BCUT2D eigenvalue weighted by Crippen LogP contribution is 2.55. The summed E-state index contributed by atoms with van der Waals surface area (Å²) >= 11 is 0. The second-order valence-electron chi connectivity index (χ2n) is 7.29. The normalized spacial score (nSPS) is 49.3. The van der Waals surface area contributed by atoms with Gasteiger partial charge in [0.05, 0.1) is 6.26 Å². The first-order chi connectivity index (χ1) is 8.81. The monoisotopic (exact) mass is 247 g/mol. The van der Waals surface area contributed by atoms with E-state index in [-0.39, 0.29) is 0 Å². The van der Waals surface area contributed by atoms with Gasteiger partial charge in [-0.15, -0.1) is 0 Å². The van der Waals surface area contributed by atoms with E-state index < -0.39 is 0 Å². The molecule has 0 aromatic heterocycles. The van der Waals surface area contributed by atoms with Crippen molar-refractivity contribution in [2.45, 2.75) is 63.0 Å². The smallest absolute Gasteiger partial charge is 0.110 e. The van der Waals surface area contributed by atoms with Crippen LogP contribution in [0.3, 0.4) is 0 Å². The maximum absolute atomic E-state index is 5.70. The van der Waals surface area contributed by atoms with Crippen LogP contribution in [0.4, 0.5) is 0 Å². The van der Waals surface area contributed by atoms with E-state index in [1.807, 2.05) is 6.26 Å². The average Bonchev–Trinajstić information content (AvgIpc) is 2.36. The first-order valence-corrected chi connectivity index (χ1v) is 7.87. The van der Waals surface area contributed by atoms with Crippen LogP contribution < -0.4 is 5.32 Å². The van der Waals surface area contributed by atoms with Gasteiger partial charge in [-0.25, -0.2) is 0 Å². The van der Waals surface area contributed by atoms with E-state index in [2.05, 4.69) is 11.4 Å². The highest BCUT2D eigenvalue weighted by molar-refractivity contribution is 5.06. The highest BCUT2D eigenvalue weighted by Gasteiger charge is 2.50. The molecule has 100 valence electrons. The number of hydrogen-bond acceptors (Lipinski definition) is 2. The zero-order chi connectivity index (χ0) is 12.0. The molecule has 0 saturated heterocycles. The predicted molar refractivity (Wildman–Crippen MR) is 72.2 cm³/mol. The molecule has 5 aliphatic rings. The Morgan fingerprint density at radius 3 is 2.28 bits per heavy atom. The molecule has 0 spiro atoms. The molecule has 1 unspecified atom stereocenters. The Hall–Kier alpha value is -0.500. The van der Waals surface area contributed by atoms with Crippen LogP contribution in [0.15, 0.2) is 12.3 Å². The van der Waals surface area contributed by atoms with Crippen molar-refractivity contribution in [3.8, 4) is 0 Å². The van der Waals surface area contributed by atoms with Gasteiger partial charge in [0.15, 0.2) is 0 Å². The molecule has 0 aromatic carbocycles. The van der Waals surface area contributed by atoms with Crippen LogP contribution in [0.2, 0.25) is 0 Å². The van der Waals surface area contributed by atoms with Crippen LogP contribution in [0.5, 0.6) is 0 Å². The van der Waals surface area contributed by atoms with E-state index in [0.29, 0.717) is 11.6 Å². The van der Waals surface area contributed by atoms with Gasteiger partial charge >= 0.3 is 0 Å². The summed E-state index contributed by atoms with van der Waals surface area (Å²) in [5.41, 5.74) is 0.499. The zero-order valence-electron chi connectivity index (χ0n) is 11.2. The van der Waals surface area contributed by atoms with Gasteiger partial charge < -0.3 is 10.1 Å². The van der Waals surface area contributed by atoms with Crippen LogP contribution >= 0.6 is 0 Å². The quantitative estimate of drug-likeness (QED) is 0.826. The van der Waals surface area contributed by atoms with Crippen molar-refractivity contribution < 1.29 is 4.74 Å². The van der Waals surface area contributed by atoms with Crippen molar-refractivity contribution in [3.63, 3.8) is 0 Å². The van der Waals surface area contributed by atoms with Gasteiger partial charge in [0.25, 0.3) is 0 Å². The Morgan fingerprint density at radius 2 is 1.72 bits per heavy atom. The summed E-state index contributed by atoms with van der Waals surface area (Å²) in [4.78, 5) is 0. The Balaban J connectivity index is 1.40. The third kappa shape index (κ3) is 1.99. The van der Waals surface area contributed by atoms with Crippen molar-refractivity contribution in [2.75, 3.05) is 6.54 Å². The fourth-order valence-electron chi connectivity index (χ4n) is 5.39. The maximum atomic E-state index is 5.70. The van der Waals surface area contributed by atoms with Gasteiger partial charge in [-0.05, 0) is 75.2 Å². The van der Waals surface area contributed by atoms with Crippen molar-refractivity contribution in [1.82, 2.24) is 5.32 Å². The molecule has 0 amide bonds. The van der Waals surface area contributed by atoms with Crippen molar-refractivity contribution in [2.24, 2.45) is 17.8 Å². The molecule has 0 aromatic rings. The van der Waals surface area contributed by atoms with E-state index in [1.165, 1.54) is 51.4 Å². The molecule has 1 aliphatic heterocycles. The van der Waals surface area contributed by atoms with E-state index in [1.54, 1.807) is 0 Å². The van der Waals surface area contributed by atoms with Crippen LogP contribution in [-0.2, 0) is 4.74 Å². The largest absolute Gasteiger partial charge is 0.497 e. The topological polar surface area (TPSA) is 21.3 Å². The van der Waals surface area contributed by atoms with E-state index in [4.69, 9.17) is 4.74 Å². The number of allylic oxidation sites excluding steroid dienone is 1.